The lowest BCUT2D eigenvalue weighted by atomic mass is 9.93. The summed E-state index contributed by atoms with van der Waals surface area (Å²) in [4.78, 5) is 3.28. The van der Waals surface area contributed by atoms with Crippen molar-refractivity contribution in [2.45, 2.75) is 49.6 Å². The van der Waals surface area contributed by atoms with E-state index in [9.17, 15) is 0 Å². The standard InChI is InChI=1S/C20H24BrN/c21-19-13-7-8-14-20(19)22(15-17-9-3-1-4-10-17)16-18-11-5-2-6-12-18/h1-6,9-12,19-20H,7-8,13-16H2/t19-,20-/m0/s1. The molecule has 0 amide bonds. The predicted octanol–water partition coefficient (Wildman–Crippen LogP) is 5.39. The summed E-state index contributed by atoms with van der Waals surface area (Å²) in [6, 6.07) is 22.4. The topological polar surface area (TPSA) is 3.24 Å². The Balaban J connectivity index is 1.78. The van der Waals surface area contributed by atoms with Gasteiger partial charge in [0.1, 0.15) is 0 Å². The molecule has 0 unspecified atom stereocenters. The van der Waals surface area contributed by atoms with Crippen molar-refractivity contribution < 1.29 is 0 Å². The van der Waals surface area contributed by atoms with Crippen molar-refractivity contribution in [1.29, 1.82) is 0 Å². The molecule has 0 saturated heterocycles. The second-order valence-electron chi connectivity index (χ2n) is 6.24. The summed E-state index contributed by atoms with van der Waals surface area (Å²) >= 11 is 3.94. The second-order valence-corrected chi connectivity index (χ2v) is 7.42. The van der Waals surface area contributed by atoms with E-state index in [2.05, 4.69) is 81.5 Å². The maximum Gasteiger partial charge on any atom is 0.0301 e. The van der Waals surface area contributed by atoms with Gasteiger partial charge in [0.25, 0.3) is 0 Å². The molecular weight excluding hydrogens is 334 g/mol. The van der Waals surface area contributed by atoms with Gasteiger partial charge in [0.2, 0.25) is 0 Å². The van der Waals surface area contributed by atoms with Crippen LogP contribution in [-0.2, 0) is 13.1 Å². The zero-order valence-electron chi connectivity index (χ0n) is 13.0. The molecule has 2 heteroatoms. The van der Waals surface area contributed by atoms with Gasteiger partial charge in [0.15, 0.2) is 0 Å². The van der Waals surface area contributed by atoms with Crippen LogP contribution in [0, 0.1) is 0 Å². The quantitative estimate of drug-likeness (QED) is 0.648. The fourth-order valence-electron chi connectivity index (χ4n) is 3.40. The van der Waals surface area contributed by atoms with E-state index in [1.54, 1.807) is 0 Å². The van der Waals surface area contributed by atoms with Gasteiger partial charge in [-0.2, -0.15) is 0 Å². The molecule has 22 heavy (non-hydrogen) atoms. The fourth-order valence-corrected chi connectivity index (χ4v) is 4.33. The van der Waals surface area contributed by atoms with Crippen molar-refractivity contribution in [2.75, 3.05) is 0 Å². The van der Waals surface area contributed by atoms with Crippen LogP contribution in [0.25, 0.3) is 0 Å². The number of alkyl halides is 1. The molecular formula is C20H24BrN. The van der Waals surface area contributed by atoms with Crippen molar-refractivity contribution in [1.82, 2.24) is 4.90 Å². The molecule has 0 heterocycles. The smallest absolute Gasteiger partial charge is 0.0301 e. The van der Waals surface area contributed by atoms with Gasteiger partial charge in [-0.05, 0) is 24.0 Å². The lowest BCUT2D eigenvalue weighted by molar-refractivity contribution is 0.147. The molecule has 116 valence electrons. The van der Waals surface area contributed by atoms with Crippen LogP contribution in [0.5, 0.6) is 0 Å². The average molecular weight is 358 g/mol. The lowest BCUT2D eigenvalue weighted by Gasteiger charge is -2.38. The minimum atomic E-state index is 0.619. The van der Waals surface area contributed by atoms with E-state index in [-0.39, 0.29) is 0 Å². The van der Waals surface area contributed by atoms with Gasteiger partial charge in [0.05, 0.1) is 0 Å². The number of nitrogens with zero attached hydrogens (tertiary/aromatic N) is 1. The van der Waals surface area contributed by atoms with Gasteiger partial charge < -0.3 is 0 Å². The van der Waals surface area contributed by atoms with Crippen LogP contribution in [-0.4, -0.2) is 15.8 Å². The number of halogens is 1. The third-order valence-corrected chi connectivity index (χ3v) is 5.64. The summed E-state index contributed by atoms with van der Waals surface area (Å²) in [5.74, 6) is 0. The molecule has 0 radical (unpaired) electrons. The minimum Gasteiger partial charge on any atom is -0.291 e. The molecule has 1 saturated carbocycles. The summed E-state index contributed by atoms with van der Waals surface area (Å²) in [7, 11) is 0. The highest BCUT2D eigenvalue weighted by Gasteiger charge is 2.28. The van der Waals surface area contributed by atoms with E-state index < -0.39 is 0 Å². The van der Waals surface area contributed by atoms with Crippen molar-refractivity contribution >= 4 is 15.9 Å². The van der Waals surface area contributed by atoms with Crippen LogP contribution < -0.4 is 0 Å². The van der Waals surface area contributed by atoms with Gasteiger partial charge in [-0.1, -0.05) is 89.4 Å². The first-order valence-corrected chi connectivity index (χ1v) is 9.20. The van der Waals surface area contributed by atoms with Gasteiger partial charge in [-0.25, -0.2) is 0 Å². The Bertz CT molecular complexity index is 513. The van der Waals surface area contributed by atoms with Gasteiger partial charge in [-0.15, -0.1) is 0 Å². The SMILES string of the molecule is Br[C@H]1CCCC[C@@H]1N(Cc1ccccc1)Cc1ccccc1. The Hall–Kier alpha value is -1.12. The van der Waals surface area contributed by atoms with E-state index in [1.807, 2.05) is 0 Å². The number of rotatable bonds is 5. The molecule has 3 rings (SSSR count). The molecule has 1 nitrogen and oxygen atoms in total. The molecule has 0 bridgehead atoms. The summed E-state index contributed by atoms with van der Waals surface area (Å²) in [5.41, 5.74) is 2.81. The van der Waals surface area contributed by atoms with E-state index in [0.717, 1.165) is 13.1 Å². The molecule has 0 spiro atoms. The van der Waals surface area contributed by atoms with Crippen molar-refractivity contribution in [3.63, 3.8) is 0 Å². The summed E-state index contributed by atoms with van der Waals surface area (Å²) in [6.45, 7) is 2.06. The normalized spacial score (nSPS) is 21.9. The third kappa shape index (κ3) is 4.21. The average Bonchev–Trinajstić information content (AvgIpc) is 2.57. The van der Waals surface area contributed by atoms with Crippen molar-refractivity contribution in [2.24, 2.45) is 0 Å². The van der Waals surface area contributed by atoms with Crippen LogP contribution in [0.2, 0.25) is 0 Å². The highest BCUT2D eigenvalue weighted by Crippen LogP contribution is 2.30. The first-order chi connectivity index (χ1) is 10.8. The second kappa shape index (κ2) is 7.94. The predicted molar refractivity (Wildman–Crippen MR) is 97.1 cm³/mol. The van der Waals surface area contributed by atoms with Crippen molar-refractivity contribution in [3.05, 3.63) is 71.8 Å². The first-order valence-electron chi connectivity index (χ1n) is 8.29. The van der Waals surface area contributed by atoms with Crippen LogP contribution >= 0.6 is 15.9 Å². The maximum absolute atomic E-state index is 3.94. The molecule has 0 aromatic heterocycles. The van der Waals surface area contributed by atoms with Gasteiger partial charge in [0, 0.05) is 24.0 Å². The van der Waals surface area contributed by atoms with Crippen LogP contribution in [0.1, 0.15) is 36.8 Å². The number of hydrogen-bond acceptors (Lipinski definition) is 1. The minimum absolute atomic E-state index is 0.619. The molecule has 2 aromatic rings. The monoisotopic (exact) mass is 357 g/mol. The molecule has 0 aliphatic heterocycles. The highest BCUT2D eigenvalue weighted by molar-refractivity contribution is 9.09. The number of hydrogen-bond donors (Lipinski definition) is 0. The molecule has 1 aliphatic carbocycles. The number of benzene rings is 2. The molecule has 2 atom stereocenters. The molecule has 1 aliphatic rings. The summed E-state index contributed by atoms with van der Waals surface area (Å²) in [5, 5.41) is 0. The zero-order valence-corrected chi connectivity index (χ0v) is 14.6. The largest absolute Gasteiger partial charge is 0.291 e. The maximum atomic E-state index is 3.94. The van der Waals surface area contributed by atoms with Gasteiger partial charge >= 0.3 is 0 Å². The third-order valence-electron chi connectivity index (χ3n) is 4.57. The molecule has 1 fully saturated rings. The Labute approximate surface area is 142 Å². The first kappa shape index (κ1) is 15.8. The zero-order chi connectivity index (χ0) is 15.2. The molecule has 2 aromatic carbocycles. The lowest BCUT2D eigenvalue weighted by Crippen LogP contribution is -2.42. The Morgan fingerprint density at radius 2 is 1.27 bits per heavy atom. The summed E-state index contributed by atoms with van der Waals surface area (Å²) in [6.07, 6.45) is 5.31. The van der Waals surface area contributed by atoms with Crippen molar-refractivity contribution in [3.8, 4) is 0 Å². The van der Waals surface area contributed by atoms with Gasteiger partial charge in [-0.3, -0.25) is 4.90 Å². The van der Waals surface area contributed by atoms with E-state index >= 15 is 0 Å². The van der Waals surface area contributed by atoms with E-state index in [0.29, 0.717) is 10.9 Å². The van der Waals surface area contributed by atoms with Crippen LogP contribution in [0.3, 0.4) is 0 Å². The van der Waals surface area contributed by atoms with E-state index in [4.69, 9.17) is 0 Å². The van der Waals surface area contributed by atoms with E-state index in [1.165, 1.54) is 36.8 Å². The Kier molecular flexibility index (Phi) is 5.69. The Morgan fingerprint density at radius 3 is 1.77 bits per heavy atom. The van der Waals surface area contributed by atoms with Crippen LogP contribution in [0.4, 0.5) is 0 Å². The highest BCUT2D eigenvalue weighted by atomic mass is 79.9. The fraction of sp³-hybridized carbons (Fsp3) is 0.400. The Morgan fingerprint density at radius 1 is 0.773 bits per heavy atom. The summed E-state index contributed by atoms with van der Waals surface area (Å²) < 4.78 is 0. The van der Waals surface area contributed by atoms with Crippen LogP contribution in [0.15, 0.2) is 60.7 Å². The molecule has 0 N–H and O–H groups in total.